The summed E-state index contributed by atoms with van der Waals surface area (Å²) in [7, 11) is 0. The molecule has 1 fully saturated rings. The molecule has 0 spiro atoms. The van der Waals surface area contributed by atoms with Crippen LogP contribution in [0.5, 0.6) is 0 Å². The zero-order valence-corrected chi connectivity index (χ0v) is 13.3. The maximum absolute atomic E-state index is 9.99. The first-order valence-corrected chi connectivity index (χ1v) is 8.47. The van der Waals surface area contributed by atoms with Crippen LogP contribution in [-0.4, -0.2) is 80.4 Å². The van der Waals surface area contributed by atoms with Crippen molar-refractivity contribution in [3.05, 3.63) is 30.3 Å². The number of aliphatic hydroxyl groups is 5. The summed E-state index contributed by atoms with van der Waals surface area (Å²) in [6.45, 7) is -0.130. The average molecular weight is 345 g/mol. The summed E-state index contributed by atoms with van der Waals surface area (Å²) >= 11 is 1.13. The molecule has 1 aromatic carbocycles. The van der Waals surface area contributed by atoms with Crippen LogP contribution >= 0.6 is 11.8 Å². The van der Waals surface area contributed by atoms with E-state index in [-0.39, 0.29) is 5.75 Å². The van der Waals surface area contributed by atoms with Gasteiger partial charge in [-0.3, -0.25) is 0 Å². The SMILES string of the molecule is OCC1OC(SCC(O)CNc2ccccc2)C(O)C(O)C1O. The largest absolute Gasteiger partial charge is 0.394 e. The minimum atomic E-state index is -1.39. The van der Waals surface area contributed by atoms with Crippen molar-refractivity contribution < 1.29 is 30.3 Å². The van der Waals surface area contributed by atoms with E-state index in [2.05, 4.69) is 5.32 Å². The molecule has 1 aliphatic heterocycles. The normalized spacial score (nSPS) is 32.5. The van der Waals surface area contributed by atoms with Crippen LogP contribution in [0.2, 0.25) is 0 Å². The molecule has 1 saturated heterocycles. The van der Waals surface area contributed by atoms with Crippen molar-refractivity contribution in [3.63, 3.8) is 0 Å². The van der Waals surface area contributed by atoms with Crippen LogP contribution in [0.1, 0.15) is 0 Å². The number of rotatable bonds is 7. The van der Waals surface area contributed by atoms with E-state index in [0.29, 0.717) is 6.54 Å². The number of benzene rings is 1. The molecular weight excluding hydrogens is 322 g/mol. The monoisotopic (exact) mass is 345 g/mol. The smallest absolute Gasteiger partial charge is 0.132 e. The highest BCUT2D eigenvalue weighted by Crippen LogP contribution is 2.28. The van der Waals surface area contributed by atoms with Gasteiger partial charge in [-0.25, -0.2) is 0 Å². The maximum Gasteiger partial charge on any atom is 0.132 e. The van der Waals surface area contributed by atoms with Gasteiger partial charge in [-0.05, 0) is 12.1 Å². The van der Waals surface area contributed by atoms with Gasteiger partial charge in [-0.2, -0.15) is 0 Å². The third-order valence-electron chi connectivity index (χ3n) is 3.62. The van der Waals surface area contributed by atoms with Crippen LogP contribution in [0.25, 0.3) is 0 Å². The van der Waals surface area contributed by atoms with Crippen molar-refractivity contribution >= 4 is 17.4 Å². The van der Waals surface area contributed by atoms with E-state index in [1.54, 1.807) is 0 Å². The molecule has 1 heterocycles. The lowest BCUT2D eigenvalue weighted by Gasteiger charge is -2.39. The van der Waals surface area contributed by atoms with Gasteiger partial charge in [0.05, 0.1) is 12.7 Å². The van der Waals surface area contributed by atoms with E-state index < -0.39 is 42.6 Å². The van der Waals surface area contributed by atoms with Crippen LogP contribution in [0.3, 0.4) is 0 Å². The fourth-order valence-electron chi connectivity index (χ4n) is 2.26. The second-order valence-electron chi connectivity index (χ2n) is 5.43. The molecule has 0 saturated carbocycles. The van der Waals surface area contributed by atoms with Crippen molar-refractivity contribution in [2.45, 2.75) is 36.0 Å². The Morgan fingerprint density at radius 2 is 1.78 bits per heavy atom. The Morgan fingerprint density at radius 1 is 1.09 bits per heavy atom. The number of anilines is 1. The first-order chi connectivity index (χ1) is 11.0. The molecule has 8 heteroatoms. The summed E-state index contributed by atoms with van der Waals surface area (Å²) in [6.07, 6.45) is -5.65. The number of ether oxygens (including phenoxy) is 1. The molecule has 0 amide bonds. The second-order valence-corrected chi connectivity index (χ2v) is 6.56. The summed E-state index contributed by atoms with van der Waals surface area (Å²) in [5, 5.41) is 51.5. The lowest BCUT2D eigenvalue weighted by molar-refractivity contribution is -0.205. The first kappa shape index (κ1) is 18.5. The Kier molecular flexibility index (Phi) is 7.09. The zero-order valence-electron chi connectivity index (χ0n) is 12.5. The molecule has 0 aliphatic carbocycles. The van der Waals surface area contributed by atoms with Gasteiger partial charge in [0.15, 0.2) is 0 Å². The summed E-state index contributed by atoms with van der Waals surface area (Å²) < 4.78 is 5.37. The van der Waals surface area contributed by atoms with E-state index in [1.807, 2.05) is 30.3 Å². The lowest BCUT2D eigenvalue weighted by atomic mass is 10.0. The summed E-state index contributed by atoms with van der Waals surface area (Å²) in [4.78, 5) is 0. The number of thioether (sulfide) groups is 1. The molecule has 2 rings (SSSR count). The van der Waals surface area contributed by atoms with Gasteiger partial charge in [-0.15, -0.1) is 11.8 Å². The number of para-hydroxylation sites is 1. The Hall–Kier alpha value is -0.870. The maximum atomic E-state index is 9.99. The first-order valence-electron chi connectivity index (χ1n) is 7.42. The molecule has 23 heavy (non-hydrogen) atoms. The Bertz CT molecular complexity index is 463. The molecule has 6 atom stereocenters. The highest BCUT2D eigenvalue weighted by molar-refractivity contribution is 7.99. The van der Waals surface area contributed by atoms with Gasteiger partial charge in [0.2, 0.25) is 0 Å². The molecule has 1 aromatic rings. The minimum Gasteiger partial charge on any atom is -0.394 e. The van der Waals surface area contributed by atoms with Crippen LogP contribution in [0, 0.1) is 0 Å². The van der Waals surface area contributed by atoms with E-state index in [1.165, 1.54) is 0 Å². The second kappa shape index (κ2) is 8.84. The van der Waals surface area contributed by atoms with Crippen molar-refractivity contribution in [1.29, 1.82) is 0 Å². The van der Waals surface area contributed by atoms with Gasteiger partial charge in [0.25, 0.3) is 0 Å². The van der Waals surface area contributed by atoms with Crippen LogP contribution in [0.15, 0.2) is 30.3 Å². The minimum absolute atomic E-state index is 0.266. The van der Waals surface area contributed by atoms with Crippen molar-refractivity contribution in [2.75, 3.05) is 24.2 Å². The van der Waals surface area contributed by atoms with E-state index in [9.17, 15) is 20.4 Å². The fourth-order valence-corrected chi connectivity index (χ4v) is 3.37. The summed E-state index contributed by atoms with van der Waals surface area (Å²) in [5.74, 6) is 0.266. The van der Waals surface area contributed by atoms with E-state index in [4.69, 9.17) is 9.84 Å². The highest BCUT2D eigenvalue weighted by Gasteiger charge is 2.43. The van der Waals surface area contributed by atoms with E-state index >= 15 is 0 Å². The van der Waals surface area contributed by atoms with Gasteiger partial charge >= 0.3 is 0 Å². The third-order valence-corrected chi connectivity index (χ3v) is 4.91. The van der Waals surface area contributed by atoms with Crippen LogP contribution in [-0.2, 0) is 4.74 Å². The number of hydrogen-bond acceptors (Lipinski definition) is 8. The van der Waals surface area contributed by atoms with Crippen molar-refractivity contribution in [2.24, 2.45) is 0 Å². The molecule has 0 radical (unpaired) electrons. The highest BCUT2D eigenvalue weighted by atomic mass is 32.2. The molecule has 1 aliphatic rings. The van der Waals surface area contributed by atoms with Crippen molar-refractivity contribution in [3.8, 4) is 0 Å². The molecule has 130 valence electrons. The molecule has 0 bridgehead atoms. The Balaban J connectivity index is 1.77. The lowest BCUT2D eigenvalue weighted by Crippen LogP contribution is -2.57. The van der Waals surface area contributed by atoms with Crippen LogP contribution < -0.4 is 5.32 Å². The quantitative estimate of drug-likeness (QED) is 0.372. The van der Waals surface area contributed by atoms with E-state index in [0.717, 1.165) is 17.4 Å². The number of aliphatic hydroxyl groups excluding tert-OH is 5. The average Bonchev–Trinajstić information content (AvgIpc) is 2.58. The Labute approximate surface area is 138 Å². The van der Waals surface area contributed by atoms with Crippen LogP contribution in [0.4, 0.5) is 5.69 Å². The third kappa shape index (κ3) is 5.05. The topological polar surface area (TPSA) is 122 Å². The standard InChI is InChI=1S/C15H23NO6S/c17-7-11-12(19)13(20)14(21)15(22-11)23-8-10(18)6-16-9-4-2-1-3-5-9/h1-5,10-21H,6-8H2. The predicted octanol–water partition coefficient (Wildman–Crippen LogP) is -1.01. The summed E-state index contributed by atoms with van der Waals surface area (Å²) in [6, 6.07) is 9.44. The molecule has 0 aromatic heterocycles. The van der Waals surface area contributed by atoms with Gasteiger partial charge in [-0.1, -0.05) is 18.2 Å². The van der Waals surface area contributed by atoms with Gasteiger partial charge in [0.1, 0.15) is 29.9 Å². The fraction of sp³-hybridized carbons (Fsp3) is 0.600. The zero-order chi connectivity index (χ0) is 16.8. The molecule has 7 nitrogen and oxygen atoms in total. The van der Waals surface area contributed by atoms with Gasteiger partial charge < -0.3 is 35.6 Å². The predicted molar refractivity (Wildman–Crippen MR) is 87.2 cm³/mol. The molecule has 6 unspecified atom stereocenters. The number of hydrogen-bond donors (Lipinski definition) is 6. The molecular formula is C15H23NO6S. The van der Waals surface area contributed by atoms with Gasteiger partial charge in [0, 0.05) is 18.0 Å². The molecule has 6 N–H and O–H groups in total. The number of nitrogens with one attached hydrogen (secondary N) is 1. The van der Waals surface area contributed by atoms with Crippen molar-refractivity contribution in [1.82, 2.24) is 0 Å². The summed E-state index contributed by atoms with van der Waals surface area (Å²) in [5.41, 5.74) is 0.0707. The Morgan fingerprint density at radius 3 is 2.43 bits per heavy atom.